The van der Waals surface area contributed by atoms with Crippen molar-refractivity contribution in [1.82, 2.24) is 0 Å². The summed E-state index contributed by atoms with van der Waals surface area (Å²) in [5, 5.41) is 6.23. The van der Waals surface area contributed by atoms with Gasteiger partial charge in [-0.05, 0) is 48.6 Å². The molecule has 0 radical (unpaired) electrons. The maximum absolute atomic E-state index is 11.2. The molecule has 0 bridgehead atoms. The van der Waals surface area contributed by atoms with Gasteiger partial charge in [-0.3, -0.25) is 4.79 Å². The molecule has 0 atom stereocenters. The normalized spacial score (nSPS) is 10.2. The Morgan fingerprint density at radius 2 is 1.86 bits per heavy atom. The molecule has 2 N–H and O–H groups in total. The van der Waals surface area contributed by atoms with Crippen molar-refractivity contribution in [2.24, 2.45) is 0 Å². The van der Waals surface area contributed by atoms with Crippen molar-refractivity contribution in [3.63, 3.8) is 0 Å². The SMILES string of the molecule is CSc1ccc(CNc2ccc(C)c(NC(C)=O)c2)cc1. The number of carbonyl (C=O) groups is 1. The third kappa shape index (κ3) is 4.53. The molecular weight excluding hydrogens is 280 g/mol. The Balaban J connectivity index is 2.03. The van der Waals surface area contributed by atoms with Crippen LogP contribution in [0.1, 0.15) is 18.1 Å². The van der Waals surface area contributed by atoms with Crippen molar-refractivity contribution < 1.29 is 4.79 Å². The van der Waals surface area contributed by atoms with Gasteiger partial charge in [0.1, 0.15) is 0 Å². The lowest BCUT2D eigenvalue weighted by Crippen LogP contribution is -2.08. The van der Waals surface area contributed by atoms with Crippen LogP contribution in [0.2, 0.25) is 0 Å². The molecule has 0 aromatic heterocycles. The quantitative estimate of drug-likeness (QED) is 0.809. The number of nitrogens with one attached hydrogen (secondary N) is 2. The molecule has 0 spiro atoms. The van der Waals surface area contributed by atoms with Crippen molar-refractivity contribution >= 4 is 29.0 Å². The fourth-order valence-corrected chi connectivity index (χ4v) is 2.41. The topological polar surface area (TPSA) is 41.1 Å². The third-order valence-corrected chi connectivity index (χ3v) is 3.95. The number of hydrogen-bond donors (Lipinski definition) is 2. The molecule has 1 amide bonds. The predicted molar refractivity (Wildman–Crippen MR) is 91.0 cm³/mol. The van der Waals surface area contributed by atoms with Gasteiger partial charge in [0.05, 0.1) is 0 Å². The van der Waals surface area contributed by atoms with Gasteiger partial charge in [-0.2, -0.15) is 0 Å². The Labute approximate surface area is 130 Å². The molecule has 0 heterocycles. The Morgan fingerprint density at radius 1 is 1.14 bits per heavy atom. The zero-order valence-electron chi connectivity index (χ0n) is 12.6. The lowest BCUT2D eigenvalue weighted by molar-refractivity contribution is -0.114. The van der Waals surface area contributed by atoms with Gasteiger partial charge in [0.25, 0.3) is 0 Å². The molecule has 0 aliphatic rings. The number of hydrogen-bond acceptors (Lipinski definition) is 3. The predicted octanol–water partition coefficient (Wildman–Crippen LogP) is 4.29. The van der Waals surface area contributed by atoms with E-state index in [0.29, 0.717) is 0 Å². The maximum Gasteiger partial charge on any atom is 0.221 e. The lowest BCUT2D eigenvalue weighted by Gasteiger charge is -2.11. The largest absolute Gasteiger partial charge is 0.381 e. The minimum absolute atomic E-state index is 0.0529. The molecule has 110 valence electrons. The van der Waals surface area contributed by atoms with Crippen LogP contribution in [0, 0.1) is 6.92 Å². The van der Waals surface area contributed by atoms with Crippen molar-refractivity contribution in [3.05, 3.63) is 53.6 Å². The van der Waals surface area contributed by atoms with E-state index >= 15 is 0 Å². The summed E-state index contributed by atoms with van der Waals surface area (Å²) in [5.74, 6) is -0.0529. The Bertz CT molecular complexity index is 623. The van der Waals surface area contributed by atoms with Crippen LogP contribution in [0.3, 0.4) is 0 Å². The van der Waals surface area contributed by atoms with Crippen LogP contribution in [0.15, 0.2) is 47.4 Å². The maximum atomic E-state index is 11.2. The van der Waals surface area contributed by atoms with E-state index in [1.165, 1.54) is 17.4 Å². The standard InChI is InChI=1S/C17H20N2OS/c1-12-4-7-15(10-17(12)19-13(2)20)18-11-14-5-8-16(21-3)9-6-14/h4-10,18H,11H2,1-3H3,(H,19,20). The first-order valence-corrected chi connectivity index (χ1v) is 8.06. The van der Waals surface area contributed by atoms with E-state index in [0.717, 1.165) is 23.5 Å². The molecule has 2 aromatic carbocycles. The smallest absolute Gasteiger partial charge is 0.221 e. The van der Waals surface area contributed by atoms with Crippen molar-refractivity contribution in [2.75, 3.05) is 16.9 Å². The first-order valence-electron chi connectivity index (χ1n) is 6.83. The molecule has 2 rings (SSSR count). The summed E-state index contributed by atoms with van der Waals surface area (Å²) in [5.41, 5.74) is 4.14. The van der Waals surface area contributed by atoms with Gasteiger partial charge in [-0.1, -0.05) is 18.2 Å². The number of aryl methyl sites for hydroxylation is 1. The van der Waals surface area contributed by atoms with Gasteiger partial charge in [0.15, 0.2) is 0 Å². The summed E-state index contributed by atoms with van der Waals surface area (Å²) in [6.07, 6.45) is 2.07. The van der Waals surface area contributed by atoms with Gasteiger partial charge >= 0.3 is 0 Å². The number of carbonyl (C=O) groups excluding carboxylic acids is 1. The molecule has 21 heavy (non-hydrogen) atoms. The molecule has 4 heteroatoms. The van der Waals surface area contributed by atoms with E-state index < -0.39 is 0 Å². The Hall–Kier alpha value is -1.94. The van der Waals surface area contributed by atoms with E-state index in [1.54, 1.807) is 11.8 Å². The average molecular weight is 300 g/mol. The summed E-state index contributed by atoms with van der Waals surface area (Å²) in [6.45, 7) is 4.26. The van der Waals surface area contributed by atoms with Crippen molar-refractivity contribution in [2.45, 2.75) is 25.3 Å². The highest BCUT2D eigenvalue weighted by molar-refractivity contribution is 7.98. The highest BCUT2D eigenvalue weighted by atomic mass is 32.2. The van der Waals surface area contributed by atoms with Gasteiger partial charge in [-0.15, -0.1) is 11.8 Å². The fourth-order valence-electron chi connectivity index (χ4n) is 2.00. The van der Waals surface area contributed by atoms with Crippen molar-refractivity contribution in [1.29, 1.82) is 0 Å². The van der Waals surface area contributed by atoms with Gasteiger partial charge in [0, 0.05) is 29.7 Å². The van der Waals surface area contributed by atoms with Gasteiger partial charge < -0.3 is 10.6 Å². The van der Waals surface area contributed by atoms with Gasteiger partial charge in [0.2, 0.25) is 5.91 Å². The van der Waals surface area contributed by atoms with E-state index in [1.807, 2.05) is 25.1 Å². The second-order valence-electron chi connectivity index (χ2n) is 4.91. The first-order chi connectivity index (χ1) is 10.1. The highest BCUT2D eigenvalue weighted by Crippen LogP contribution is 2.21. The molecule has 0 aliphatic carbocycles. The summed E-state index contributed by atoms with van der Waals surface area (Å²) in [6, 6.07) is 14.5. The van der Waals surface area contributed by atoms with E-state index in [4.69, 9.17) is 0 Å². The number of amides is 1. The summed E-state index contributed by atoms with van der Waals surface area (Å²) < 4.78 is 0. The molecule has 0 aliphatic heterocycles. The molecule has 0 fully saturated rings. The van der Waals surface area contributed by atoms with E-state index in [2.05, 4.69) is 41.2 Å². The number of anilines is 2. The van der Waals surface area contributed by atoms with E-state index in [-0.39, 0.29) is 5.91 Å². The lowest BCUT2D eigenvalue weighted by atomic mass is 10.1. The number of rotatable bonds is 5. The first kappa shape index (κ1) is 15.4. The fraction of sp³-hybridized carbons (Fsp3) is 0.235. The molecule has 0 unspecified atom stereocenters. The summed E-state index contributed by atoms with van der Waals surface area (Å²) in [7, 11) is 0. The van der Waals surface area contributed by atoms with Crippen LogP contribution >= 0.6 is 11.8 Å². The van der Waals surface area contributed by atoms with E-state index in [9.17, 15) is 4.79 Å². The van der Waals surface area contributed by atoms with Crippen LogP contribution in [0.4, 0.5) is 11.4 Å². The number of thioether (sulfide) groups is 1. The molecule has 0 saturated heterocycles. The second kappa shape index (κ2) is 7.18. The minimum atomic E-state index is -0.0529. The Kier molecular flexibility index (Phi) is 5.28. The molecular formula is C17H20N2OS. The second-order valence-corrected chi connectivity index (χ2v) is 5.79. The minimum Gasteiger partial charge on any atom is -0.381 e. The summed E-state index contributed by atoms with van der Waals surface area (Å²) >= 11 is 1.74. The number of benzene rings is 2. The van der Waals surface area contributed by atoms with Crippen LogP contribution in [0.25, 0.3) is 0 Å². The monoisotopic (exact) mass is 300 g/mol. The Morgan fingerprint density at radius 3 is 2.48 bits per heavy atom. The zero-order valence-corrected chi connectivity index (χ0v) is 13.4. The van der Waals surface area contributed by atoms with Crippen LogP contribution in [0.5, 0.6) is 0 Å². The molecule has 3 nitrogen and oxygen atoms in total. The van der Waals surface area contributed by atoms with Gasteiger partial charge in [-0.25, -0.2) is 0 Å². The third-order valence-electron chi connectivity index (χ3n) is 3.20. The van der Waals surface area contributed by atoms with Crippen LogP contribution in [-0.2, 0) is 11.3 Å². The molecule has 2 aromatic rings. The zero-order chi connectivity index (χ0) is 15.2. The van der Waals surface area contributed by atoms with Crippen LogP contribution < -0.4 is 10.6 Å². The van der Waals surface area contributed by atoms with Crippen molar-refractivity contribution in [3.8, 4) is 0 Å². The van der Waals surface area contributed by atoms with Crippen LogP contribution in [-0.4, -0.2) is 12.2 Å². The molecule has 0 saturated carbocycles. The summed E-state index contributed by atoms with van der Waals surface area (Å²) in [4.78, 5) is 12.4. The average Bonchev–Trinajstić information content (AvgIpc) is 2.48. The highest BCUT2D eigenvalue weighted by Gasteiger charge is 2.02.